The first kappa shape index (κ1) is 24.1. The maximum Gasteiger partial charge on any atom is 0.249 e. The van der Waals surface area contributed by atoms with Gasteiger partial charge < -0.3 is 19.9 Å². The zero-order chi connectivity index (χ0) is 23.7. The van der Waals surface area contributed by atoms with Gasteiger partial charge in [0.2, 0.25) is 11.8 Å². The van der Waals surface area contributed by atoms with Crippen molar-refractivity contribution in [2.24, 2.45) is 5.10 Å². The number of carbonyl (C=O) groups excluding carboxylic acids is 2. The van der Waals surface area contributed by atoms with Crippen molar-refractivity contribution in [2.45, 2.75) is 50.5 Å². The molecule has 0 radical (unpaired) electrons. The van der Waals surface area contributed by atoms with Gasteiger partial charge >= 0.3 is 0 Å². The zero-order valence-electron chi connectivity index (χ0n) is 19.1. The smallest absolute Gasteiger partial charge is 0.249 e. The Kier molecular flexibility index (Phi) is 8.29. The number of nitrogens with one attached hydrogen (secondary N) is 2. The molecule has 0 saturated heterocycles. The number of phenolic OH excluding ortho intramolecular Hbond substituents is 1. The van der Waals surface area contributed by atoms with Gasteiger partial charge in [-0.25, -0.2) is 5.43 Å². The van der Waals surface area contributed by atoms with Crippen LogP contribution in [0.1, 0.15) is 49.7 Å². The van der Waals surface area contributed by atoms with E-state index in [0.717, 1.165) is 37.7 Å². The van der Waals surface area contributed by atoms with Gasteiger partial charge in [0, 0.05) is 5.54 Å². The average Bonchev–Trinajstić information content (AvgIpc) is 2.80. The molecule has 8 heteroatoms. The van der Waals surface area contributed by atoms with E-state index in [9.17, 15) is 14.7 Å². The molecule has 1 fully saturated rings. The second-order valence-corrected chi connectivity index (χ2v) is 8.32. The maximum atomic E-state index is 12.7. The molecule has 0 heterocycles. The molecule has 0 aliphatic heterocycles. The van der Waals surface area contributed by atoms with Gasteiger partial charge in [-0.05, 0) is 60.7 Å². The van der Waals surface area contributed by atoms with Crippen LogP contribution in [0.15, 0.2) is 47.6 Å². The Morgan fingerprint density at radius 3 is 2.36 bits per heavy atom. The summed E-state index contributed by atoms with van der Waals surface area (Å²) >= 11 is 0. The molecule has 0 spiro atoms. The second-order valence-electron chi connectivity index (χ2n) is 8.32. The number of methoxy groups -OCH3 is 2. The first-order chi connectivity index (χ1) is 15.9. The van der Waals surface area contributed by atoms with E-state index < -0.39 is 5.91 Å². The summed E-state index contributed by atoms with van der Waals surface area (Å²) in [4.78, 5) is 24.9. The Morgan fingerprint density at radius 1 is 1.00 bits per heavy atom. The number of hydrazone groups is 1. The predicted molar refractivity (Wildman–Crippen MR) is 126 cm³/mol. The fraction of sp³-hybridized carbons (Fsp3) is 0.400. The van der Waals surface area contributed by atoms with E-state index in [1.165, 1.54) is 6.21 Å². The third kappa shape index (κ3) is 6.97. The molecule has 33 heavy (non-hydrogen) atoms. The number of amides is 2. The summed E-state index contributed by atoms with van der Waals surface area (Å²) in [6.45, 7) is 0. The van der Waals surface area contributed by atoms with E-state index in [2.05, 4.69) is 15.8 Å². The lowest BCUT2D eigenvalue weighted by Crippen LogP contribution is -2.52. The summed E-state index contributed by atoms with van der Waals surface area (Å²) in [5.74, 6) is 0.554. The quantitative estimate of drug-likeness (QED) is 0.307. The number of rotatable bonds is 9. The summed E-state index contributed by atoms with van der Waals surface area (Å²) in [6, 6.07) is 12.3. The number of nitrogens with zero attached hydrogens (tertiary/aromatic N) is 1. The fourth-order valence-corrected chi connectivity index (χ4v) is 4.22. The first-order valence-corrected chi connectivity index (χ1v) is 11.1. The van der Waals surface area contributed by atoms with Gasteiger partial charge in [0.15, 0.2) is 11.5 Å². The minimum absolute atomic E-state index is 0.214. The molecule has 1 saturated carbocycles. The fourth-order valence-electron chi connectivity index (χ4n) is 4.22. The van der Waals surface area contributed by atoms with Crippen LogP contribution in [0.5, 0.6) is 17.2 Å². The lowest BCUT2D eigenvalue weighted by atomic mass is 9.77. The summed E-state index contributed by atoms with van der Waals surface area (Å²) in [6.07, 6.45) is 6.75. The average molecular weight is 454 g/mol. The number of hydrogen-bond donors (Lipinski definition) is 3. The van der Waals surface area contributed by atoms with E-state index >= 15 is 0 Å². The molecule has 8 nitrogen and oxygen atoms in total. The number of carbonyl (C=O) groups is 2. The highest BCUT2D eigenvalue weighted by Crippen LogP contribution is 2.32. The van der Waals surface area contributed by atoms with Crippen molar-refractivity contribution in [3.05, 3.63) is 53.6 Å². The van der Waals surface area contributed by atoms with Crippen molar-refractivity contribution in [3.8, 4) is 17.2 Å². The van der Waals surface area contributed by atoms with Crippen molar-refractivity contribution < 1.29 is 24.2 Å². The monoisotopic (exact) mass is 453 g/mol. The van der Waals surface area contributed by atoms with Crippen LogP contribution in [-0.4, -0.2) is 42.9 Å². The number of aromatic hydroxyl groups is 1. The molecule has 2 aromatic rings. The van der Waals surface area contributed by atoms with Crippen LogP contribution in [-0.2, 0) is 16.0 Å². The van der Waals surface area contributed by atoms with Crippen LogP contribution < -0.4 is 20.2 Å². The Labute approximate surface area is 194 Å². The topological polar surface area (TPSA) is 109 Å². The van der Waals surface area contributed by atoms with Crippen molar-refractivity contribution in [2.75, 3.05) is 14.2 Å². The molecule has 3 rings (SSSR count). The third-order valence-corrected chi connectivity index (χ3v) is 5.83. The van der Waals surface area contributed by atoms with Crippen LogP contribution in [0, 0.1) is 0 Å². The van der Waals surface area contributed by atoms with Crippen LogP contribution in [0.4, 0.5) is 0 Å². The minimum atomic E-state index is -0.486. The molecule has 3 N–H and O–H groups in total. The zero-order valence-corrected chi connectivity index (χ0v) is 19.1. The standard InChI is InChI=1S/C25H31N3O5/c1-32-21-11-8-19(14-22(21)33-2)17-26-28-24(31)15-23(30)27-25(12-4-3-5-13-25)16-18-6-9-20(29)10-7-18/h6-11,14,17,29H,3-5,12-13,15-16H2,1-2H3,(H,27,30)(H,28,31)/b26-17+. The van der Waals surface area contributed by atoms with Crippen LogP contribution >= 0.6 is 0 Å². The van der Waals surface area contributed by atoms with Crippen LogP contribution in [0.25, 0.3) is 0 Å². The lowest BCUT2D eigenvalue weighted by molar-refractivity contribution is -0.130. The maximum absolute atomic E-state index is 12.7. The molecule has 2 amide bonds. The van der Waals surface area contributed by atoms with E-state index in [-0.39, 0.29) is 23.6 Å². The van der Waals surface area contributed by atoms with Gasteiger partial charge in [-0.15, -0.1) is 0 Å². The summed E-state index contributed by atoms with van der Waals surface area (Å²) in [7, 11) is 3.10. The summed E-state index contributed by atoms with van der Waals surface area (Å²) in [5.41, 5.74) is 3.78. The van der Waals surface area contributed by atoms with Gasteiger partial charge in [0.05, 0.1) is 20.4 Å². The third-order valence-electron chi connectivity index (χ3n) is 5.83. The molecule has 1 aliphatic carbocycles. The SMILES string of the molecule is COc1ccc(/C=N/NC(=O)CC(=O)NC2(Cc3ccc(O)cc3)CCCCC2)cc1OC. The Balaban J connectivity index is 1.56. The summed E-state index contributed by atoms with van der Waals surface area (Å²) in [5, 5.41) is 16.6. The Hall–Kier alpha value is -3.55. The van der Waals surface area contributed by atoms with E-state index in [1.807, 2.05) is 12.1 Å². The van der Waals surface area contributed by atoms with Crippen molar-refractivity contribution in [1.29, 1.82) is 0 Å². The number of hydrogen-bond acceptors (Lipinski definition) is 6. The lowest BCUT2D eigenvalue weighted by Gasteiger charge is -2.38. The highest BCUT2D eigenvalue weighted by atomic mass is 16.5. The van der Waals surface area contributed by atoms with Crippen LogP contribution in [0.2, 0.25) is 0 Å². The molecule has 0 atom stereocenters. The summed E-state index contributed by atoms with van der Waals surface area (Å²) < 4.78 is 10.4. The van der Waals surface area contributed by atoms with Gasteiger partial charge in [0.25, 0.3) is 0 Å². The number of phenols is 1. The molecule has 0 unspecified atom stereocenters. The van der Waals surface area contributed by atoms with Crippen molar-refractivity contribution in [3.63, 3.8) is 0 Å². The van der Waals surface area contributed by atoms with Gasteiger partial charge in [0.1, 0.15) is 12.2 Å². The predicted octanol–water partition coefficient (Wildman–Crippen LogP) is 3.31. The van der Waals surface area contributed by atoms with E-state index in [0.29, 0.717) is 23.5 Å². The highest BCUT2D eigenvalue weighted by molar-refractivity contribution is 5.97. The normalized spacial score (nSPS) is 15.1. The molecule has 1 aliphatic rings. The second kappa shape index (κ2) is 11.4. The highest BCUT2D eigenvalue weighted by Gasteiger charge is 2.34. The Morgan fingerprint density at radius 2 is 1.70 bits per heavy atom. The molecule has 0 bridgehead atoms. The minimum Gasteiger partial charge on any atom is -0.508 e. The van der Waals surface area contributed by atoms with Crippen LogP contribution in [0.3, 0.4) is 0 Å². The molecule has 0 aromatic heterocycles. The van der Waals surface area contributed by atoms with E-state index in [4.69, 9.17) is 9.47 Å². The van der Waals surface area contributed by atoms with Crippen molar-refractivity contribution in [1.82, 2.24) is 10.7 Å². The van der Waals surface area contributed by atoms with Gasteiger partial charge in [-0.1, -0.05) is 31.4 Å². The van der Waals surface area contributed by atoms with E-state index in [1.54, 1.807) is 44.6 Å². The molecular formula is C25H31N3O5. The van der Waals surface area contributed by atoms with Gasteiger partial charge in [-0.3, -0.25) is 9.59 Å². The number of ether oxygens (including phenoxy) is 2. The molecule has 176 valence electrons. The molecule has 2 aromatic carbocycles. The first-order valence-electron chi connectivity index (χ1n) is 11.1. The Bertz CT molecular complexity index is 982. The van der Waals surface area contributed by atoms with Gasteiger partial charge in [-0.2, -0.15) is 5.10 Å². The molecular weight excluding hydrogens is 422 g/mol. The largest absolute Gasteiger partial charge is 0.508 e. The number of benzene rings is 2. The van der Waals surface area contributed by atoms with Crippen molar-refractivity contribution >= 4 is 18.0 Å².